The lowest BCUT2D eigenvalue weighted by Crippen LogP contribution is -2.45. The highest BCUT2D eigenvalue weighted by Gasteiger charge is 2.32. The molecule has 1 aliphatic rings. The molecule has 1 aliphatic heterocycles. The minimum atomic E-state index is -0.548. The minimum Gasteiger partial charge on any atom is -0.497 e. The molecular weight excluding hydrogens is 332 g/mol. The van der Waals surface area contributed by atoms with Gasteiger partial charge in [-0.1, -0.05) is 42.5 Å². The number of amides is 2. The van der Waals surface area contributed by atoms with Gasteiger partial charge in [-0.3, -0.25) is 0 Å². The van der Waals surface area contributed by atoms with Crippen LogP contribution in [-0.4, -0.2) is 19.1 Å². The Balaban J connectivity index is 1.78. The van der Waals surface area contributed by atoms with Gasteiger partial charge in [0.15, 0.2) is 0 Å². The summed E-state index contributed by atoms with van der Waals surface area (Å²) >= 11 is 0. The van der Waals surface area contributed by atoms with Gasteiger partial charge in [0.05, 0.1) is 18.7 Å². The molecule has 6 nitrogen and oxygen atoms in total. The quantitative estimate of drug-likeness (QED) is 0.811. The molecule has 1 heterocycles. The van der Waals surface area contributed by atoms with Gasteiger partial charge < -0.3 is 20.1 Å². The van der Waals surface area contributed by atoms with E-state index in [-0.39, 0.29) is 12.6 Å². The zero-order valence-electron chi connectivity index (χ0n) is 14.6. The van der Waals surface area contributed by atoms with Crippen LogP contribution in [0.3, 0.4) is 0 Å². The highest BCUT2D eigenvalue weighted by molar-refractivity contribution is 5.95. The monoisotopic (exact) mass is 352 g/mol. The first-order valence-corrected chi connectivity index (χ1v) is 8.22. The molecule has 2 aromatic carbocycles. The molecule has 0 saturated heterocycles. The number of hydrogen-bond donors (Lipinski definition) is 2. The maximum atomic E-state index is 12.7. The lowest BCUT2D eigenvalue weighted by molar-refractivity contribution is -0.140. The van der Waals surface area contributed by atoms with Crippen LogP contribution in [0, 0.1) is 0 Å². The summed E-state index contributed by atoms with van der Waals surface area (Å²) in [5.41, 5.74) is 2.55. The minimum absolute atomic E-state index is 0.134. The van der Waals surface area contributed by atoms with E-state index in [0.29, 0.717) is 11.3 Å². The number of esters is 1. The van der Waals surface area contributed by atoms with E-state index in [1.807, 2.05) is 54.6 Å². The van der Waals surface area contributed by atoms with Crippen molar-refractivity contribution in [2.24, 2.45) is 0 Å². The summed E-state index contributed by atoms with van der Waals surface area (Å²) in [7, 11) is 1.60. The molecule has 1 atom stereocenters. The molecule has 2 N–H and O–H groups in total. The maximum Gasteiger partial charge on any atom is 0.338 e. The molecular formula is C20H20N2O4. The van der Waals surface area contributed by atoms with E-state index in [4.69, 9.17) is 9.47 Å². The third-order valence-electron chi connectivity index (χ3n) is 4.15. The van der Waals surface area contributed by atoms with Gasteiger partial charge in [0.25, 0.3) is 0 Å². The molecule has 0 bridgehead atoms. The molecule has 0 fully saturated rings. The number of rotatable bonds is 5. The third kappa shape index (κ3) is 3.85. The standard InChI is InChI=1S/C20H20N2O4/c1-13-17(18(22-20(24)21-13)15-6-4-3-5-7-15)19(23)26-12-14-8-10-16(25-2)11-9-14/h3-11,18H,12H2,1-2H3,(H2,21,22,24)/t18-/m0/s1. The summed E-state index contributed by atoms with van der Waals surface area (Å²) in [5, 5.41) is 5.42. The maximum absolute atomic E-state index is 12.7. The number of nitrogens with one attached hydrogen (secondary N) is 2. The van der Waals surface area contributed by atoms with Crippen molar-refractivity contribution in [2.45, 2.75) is 19.6 Å². The Kier molecular flexibility index (Phi) is 5.22. The summed E-state index contributed by atoms with van der Waals surface area (Å²) in [5.74, 6) is 0.265. The second-order valence-corrected chi connectivity index (χ2v) is 5.91. The van der Waals surface area contributed by atoms with Crippen LogP contribution in [0.1, 0.15) is 24.1 Å². The summed E-state index contributed by atoms with van der Waals surface area (Å²) in [6.45, 7) is 1.83. The molecule has 0 radical (unpaired) electrons. The van der Waals surface area contributed by atoms with Gasteiger partial charge in [-0.15, -0.1) is 0 Å². The molecule has 26 heavy (non-hydrogen) atoms. The van der Waals surface area contributed by atoms with E-state index in [1.165, 1.54) is 0 Å². The largest absolute Gasteiger partial charge is 0.497 e. The number of methoxy groups -OCH3 is 1. The average Bonchev–Trinajstić information content (AvgIpc) is 2.66. The summed E-state index contributed by atoms with van der Waals surface area (Å²) in [6, 6.07) is 15.7. The van der Waals surface area contributed by atoms with Crippen molar-refractivity contribution in [3.63, 3.8) is 0 Å². The Hall–Kier alpha value is -3.28. The molecule has 2 aromatic rings. The second-order valence-electron chi connectivity index (χ2n) is 5.91. The predicted octanol–water partition coefficient (Wildman–Crippen LogP) is 3.07. The number of ether oxygens (including phenoxy) is 2. The van der Waals surface area contributed by atoms with Crippen molar-refractivity contribution < 1.29 is 19.1 Å². The van der Waals surface area contributed by atoms with Gasteiger partial charge in [0.1, 0.15) is 12.4 Å². The van der Waals surface area contributed by atoms with Crippen molar-refractivity contribution in [2.75, 3.05) is 7.11 Å². The van der Waals surface area contributed by atoms with Gasteiger partial charge in [-0.25, -0.2) is 9.59 Å². The van der Waals surface area contributed by atoms with E-state index < -0.39 is 12.0 Å². The van der Waals surface area contributed by atoms with E-state index in [2.05, 4.69) is 10.6 Å². The van der Waals surface area contributed by atoms with Crippen molar-refractivity contribution in [1.82, 2.24) is 10.6 Å². The van der Waals surface area contributed by atoms with Crippen LogP contribution in [0.2, 0.25) is 0 Å². The van der Waals surface area contributed by atoms with Gasteiger partial charge in [-0.05, 0) is 30.2 Å². The molecule has 0 unspecified atom stereocenters. The van der Waals surface area contributed by atoms with Gasteiger partial charge >= 0.3 is 12.0 Å². The van der Waals surface area contributed by atoms with Crippen LogP contribution in [0.15, 0.2) is 65.9 Å². The van der Waals surface area contributed by atoms with E-state index in [9.17, 15) is 9.59 Å². The van der Waals surface area contributed by atoms with Crippen LogP contribution in [-0.2, 0) is 16.1 Å². The Morgan fingerprint density at radius 3 is 2.42 bits per heavy atom. The Labute approximate surface area is 151 Å². The van der Waals surface area contributed by atoms with Crippen LogP contribution >= 0.6 is 0 Å². The molecule has 2 amide bonds. The first-order valence-electron chi connectivity index (χ1n) is 8.22. The van der Waals surface area contributed by atoms with Crippen molar-refractivity contribution in [3.8, 4) is 5.75 Å². The van der Waals surface area contributed by atoms with Crippen molar-refractivity contribution in [1.29, 1.82) is 0 Å². The zero-order valence-corrected chi connectivity index (χ0v) is 14.6. The molecule has 0 spiro atoms. The number of urea groups is 1. The van der Waals surface area contributed by atoms with E-state index in [0.717, 1.165) is 16.9 Å². The summed E-state index contributed by atoms with van der Waals surface area (Å²) < 4.78 is 10.6. The first-order chi connectivity index (χ1) is 12.6. The van der Waals surface area contributed by atoms with Crippen LogP contribution in [0.25, 0.3) is 0 Å². The highest BCUT2D eigenvalue weighted by Crippen LogP contribution is 2.27. The Morgan fingerprint density at radius 1 is 1.08 bits per heavy atom. The lowest BCUT2D eigenvalue weighted by atomic mass is 9.96. The fourth-order valence-corrected chi connectivity index (χ4v) is 2.81. The molecule has 3 rings (SSSR count). The van der Waals surface area contributed by atoms with Crippen LogP contribution in [0.5, 0.6) is 5.75 Å². The third-order valence-corrected chi connectivity index (χ3v) is 4.15. The van der Waals surface area contributed by atoms with Crippen LogP contribution < -0.4 is 15.4 Å². The van der Waals surface area contributed by atoms with Crippen LogP contribution in [0.4, 0.5) is 4.79 Å². The molecule has 0 saturated carbocycles. The number of benzene rings is 2. The van der Waals surface area contributed by atoms with Crippen molar-refractivity contribution in [3.05, 3.63) is 77.0 Å². The number of carbonyl (C=O) groups excluding carboxylic acids is 2. The predicted molar refractivity (Wildman–Crippen MR) is 96.3 cm³/mol. The Morgan fingerprint density at radius 2 is 1.77 bits per heavy atom. The fourth-order valence-electron chi connectivity index (χ4n) is 2.81. The summed E-state index contributed by atoms with van der Waals surface area (Å²) in [4.78, 5) is 24.5. The second kappa shape index (κ2) is 7.74. The molecule has 134 valence electrons. The van der Waals surface area contributed by atoms with Gasteiger partial charge in [0, 0.05) is 5.70 Å². The molecule has 6 heteroatoms. The Bertz CT molecular complexity index is 829. The van der Waals surface area contributed by atoms with Crippen molar-refractivity contribution >= 4 is 12.0 Å². The smallest absolute Gasteiger partial charge is 0.338 e. The average molecular weight is 352 g/mol. The van der Waals surface area contributed by atoms with Gasteiger partial charge in [0.2, 0.25) is 0 Å². The zero-order chi connectivity index (χ0) is 18.5. The highest BCUT2D eigenvalue weighted by atomic mass is 16.5. The first kappa shape index (κ1) is 17.5. The molecule has 0 aromatic heterocycles. The SMILES string of the molecule is COc1ccc(COC(=O)C2=C(C)NC(=O)N[C@H]2c2ccccc2)cc1. The molecule has 0 aliphatic carbocycles. The topological polar surface area (TPSA) is 76.7 Å². The van der Waals surface area contributed by atoms with E-state index >= 15 is 0 Å². The number of allylic oxidation sites excluding steroid dienone is 1. The number of carbonyl (C=O) groups is 2. The van der Waals surface area contributed by atoms with E-state index in [1.54, 1.807) is 14.0 Å². The van der Waals surface area contributed by atoms with Gasteiger partial charge in [-0.2, -0.15) is 0 Å². The lowest BCUT2D eigenvalue weighted by Gasteiger charge is -2.28. The fraction of sp³-hybridized carbons (Fsp3) is 0.200. The number of hydrogen-bond acceptors (Lipinski definition) is 4. The normalized spacial score (nSPS) is 16.5. The summed E-state index contributed by atoms with van der Waals surface area (Å²) in [6.07, 6.45) is 0.